The van der Waals surface area contributed by atoms with E-state index >= 15 is 0 Å². The van der Waals surface area contributed by atoms with Gasteiger partial charge in [-0.3, -0.25) is 5.10 Å². The molecule has 4 N–H and O–H groups in total. The summed E-state index contributed by atoms with van der Waals surface area (Å²) >= 11 is 0. The molecule has 2 aromatic rings. The molecule has 2 heterocycles. The highest BCUT2D eigenvalue weighted by Gasteiger charge is 1.99. The predicted molar refractivity (Wildman–Crippen MR) is 66.6 cm³/mol. The molecule has 0 unspecified atom stereocenters. The third-order valence-electron chi connectivity index (χ3n) is 2.51. The molecule has 2 rings (SSSR count). The maximum absolute atomic E-state index is 5.80. The Morgan fingerprint density at radius 2 is 2.29 bits per heavy atom. The summed E-state index contributed by atoms with van der Waals surface area (Å²) in [4.78, 5) is 8.30. The summed E-state index contributed by atoms with van der Waals surface area (Å²) in [7, 11) is 0. The molecular formula is C11H16N6. The Morgan fingerprint density at radius 3 is 3.00 bits per heavy atom. The molecule has 0 atom stereocenters. The van der Waals surface area contributed by atoms with Crippen LogP contribution in [-0.4, -0.2) is 26.7 Å². The largest absolute Gasteiger partial charge is 0.398 e. The Labute approximate surface area is 99.7 Å². The Morgan fingerprint density at radius 1 is 1.41 bits per heavy atom. The number of aromatic nitrogens is 4. The van der Waals surface area contributed by atoms with Crippen LogP contribution < -0.4 is 11.1 Å². The first-order valence-corrected chi connectivity index (χ1v) is 5.56. The van der Waals surface area contributed by atoms with Gasteiger partial charge in [-0.1, -0.05) is 0 Å². The van der Waals surface area contributed by atoms with Crippen molar-refractivity contribution in [3.8, 4) is 0 Å². The lowest BCUT2D eigenvalue weighted by atomic mass is 10.2. The minimum Gasteiger partial charge on any atom is -0.398 e. The number of nitrogens with one attached hydrogen (secondary N) is 2. The fourth-order valence-electron chi connectivity index (χ4n) is 1.46. The summed E-state index contributed by atoms with van der Waals surface area (Å²) in [5, 5.41) is 9.84. The maximum atomic E-state index is 5.80. The van der Waals surface area contributed by atoms with Crippen molar-refractivity contribution in [3.05, 3.63) is 30.0 Å². The Kier molecular flexibility index (Phi) is 3.54. The van der Waals surface area contributed by atoms with Crippen molar-refractivity contribution in [2.45, 2.75) is 19.8 Å². The number of anilines is 2. The fourth-order valence-corrected chi connectivity index (χ4v) is 1.46. The molecule has 0 saturated carbocycles. The van der Waals surface area contributed by atoms with Gasteiger partial charge >= 0.3 is 0 Å². The third-order valence-corrected chi connectivity index (χ3v) is 2.51. The van der Waals surface area contributed by atoms with Gasteiger partial charge in [0.2, 0.25) is 0 Å². The monoisotopic (exact) mass is 232 g/mol. The molecule has 0 fully saturated rings. The zero-order valence-electron chi connectivity index (χ0n) is 9.77. The van der Waals surface area contributed by atoms with Gasteiger partial charge in [0.15, 0.2) is 0 Å². The van der Waals surface area contributed by atoms with E-state index in [1.165, 1.54) is 6.33 Å². The second kappa shape index (κ2) is 5.29. The quantitative estimate of drug-likeness (QED) is 0.672. The number of aromatic amines is 1. The van der Waals surface area contributed by atoms with Crippen molar-refractivity contribution in [3.63, 3.8) is 0 Å². The van der Waals surface area contributed by atoms with Gasteiger partial charge in [0.1, 0.15) is 18.0 Å². The first-order valence-electron chi connectivity index (χ1n) is 5.56. The number of hydrogen-bond acceptors (Lipinski definition) is 5. The van der Waals surface area contributed by atoms with Crippen LogP contribution in [0, 0.1) is 6.92 Å². The number of nitrogens with two attached hydrogens (primary N) is 1. The Hall–Kier alpha value is -2.11. The molecule has 0 aliphatic carbocycles. The highest BCUT2D eigenvalue weighted by Crippen LogP contribution is 2.13. The lowest BCUT2D eigenvalue weighted by molar-refractivity contribution is 0.803. The average molecular weight is 232 g/mol. The minimum atomic E-state index is 0.762. The molecule has 2 aromatic heterocycles. The van der Waals surface area contributed by atoms with Crippen molar-refractivity contribution in [2.75, 3.05) is 17.6 Å². The van der Waals surface area contributed by atoms with Crippen LogP contribution in [0.15, 0.2) is 18.6 Å². The van der Waals surface area contributed by atoms with E-state index < -0.39 is 0 Å². The van der Waals surface area contributed by atoms with E-state index in [0.717, 1.165) is 42.3 Å². The normalized spacial score (nSPS) is 10.4. The van der Waals surface area contributed by atoms with Crippen LogP contribution in [0.5, 0.6) is 0 Å². The highest BCUT2D eigenvalue weighted by atomic mass is 15.2. The Bertz CT molecular complexity index is 465. The SMILES string of the molecule is Cc1cnc(NCCCc2ncn[nH]2)cc1N. The molecule has 0 aromatic carbocycles. The summed E-state index contributed by atoms with van der Waals surface area (Å²) in [6.45, 7) is 2.77. The smallest absolute Gasteiger partial charge is 0.137 e. The molecule has 90 valence electrons. The Balaban J connectivity index is 1.76. The molecule has 17 heavy (non-hydrogen) atoms. The lowest BCUT2D eigenvalue weighted by Gasteiger charge is -2.06. The van der Waals surface area contributed by atoms with Crippen molar-refractivity contribution in [2.24, 2.45) is 0 Å². The van der Waals surface area contributed by atoms with Crippen molar-refractivity contribution >= 4 is 11.5 Å². The molecule has 6 nitrogen and oxygen atoms in total. The van der Waals surface area contributed by atoms with Crippen LogP contribution in [0.1, 0.15) is 17.8 Å². The summed E-state index contributed by atoms with van der Waals surface area (Å²) < 4.78 is 0. The van der Waals surface area contributed by atoms with E-state index in [4.69, 9.17) is 5.73 Å². The molecule has 0 aliphatic heterocycles. The molecule has 0 spiro atoms. The number of H-pyrrole nitrogens is 1. The van der Waals surface area contributed by atoms with Crippen molar-refractivity contribution in [1.82, 2.24) is 20.2 Å². The first kappa shape index (κ1) is 11.4. The maximum Gasteiger partial charge on any atom is 0.137 e. The molecular weight excluding hydrogens is 216 g/mol. The molecule has 6 heteroatoms. The summed E-state index contributed by atoms with van der Waals surface area (Å²) in [5.41, 5.74) is 7.56. The van der Waals surface area contributed by atoms with Crippen LogP contribution in [0.25, 0.3) is 0 Å². The lowest BCUT2D eigenvalue weighted by Crippen LogP contribution is -2.06. The van der Waals surface area contributed by atoms with E-state index in [1.807, 2.05) is 13.0 Å². The van der Waals surface area contributed by atoms with Gasteiger partial charge in [0.25, 0.3) is 0 Å². The highest BCUT2D eigenvalue weighted by molar-refractivity contribution is 5.53. The number of nitrogen functional groups attached to an aromatic ring is 1. The molecule has 0 bridgehead atoms. The third kappa shape index (κ3) is 3.17. The van der Waals surface area contributed by atoms with Crippen LogP contribution in [0.4, 0.5) is 11.5 Å². The van der Waals surface area contributed by atoms with Crippen LogP contribution >= 0.6 is 0 Å². The minimum absolute atomic E-state index is 0.762. The van der Waals surface area contributed by atoms with Gasteiger partial charge in [0, 0.05) is 30.9 Å². The molecule has 0 saturated heterocycles. The van der Waals surface area contributed by atoms with E-state index in [2.05, 4.69) is 25.5 Å². The van der Waals surface area contributed by atoms with E-state index in [1.54, 1.807) is 6.20 Å². The van der Waals surface area contributed by atoms with Crippen LogP contribution in [-0.2, 0) is 6.42 Å². The van der Waals surface area contributed by atoms with Gasteiger partial charge in [-0.15, -0.1) is 0 Å². The van der Waals surface area contributed by atoms with E-state index in [9.17, 15) is 0 Å². The van der Waals surface area contributed by atoms with Crippen molar-refractivity contribution in [1.29, 1.82) is 0 Å². The number of pyridine rings is 1. The van der Waals surface area contributed by atoms with Gasteiger partial charge < -0.3 is 11.1 Å². The zero-order valence-corrected chi connectivity index (χ0v) is 9.77. The van der Waals surface area contributed by atoms with Gasteiger partial charge in [-0.05, 0) is 18.9 Å². The van der Waals surface area contributed by atoms with Gasteiger partial charge in [0.05, 0.1) is 0 Å². The number of aryl methyl sites for hydroxylation is 2. The molecule has 0 aliphatic rings. The number of rotatable bonds is 5. The first-order chi connectivity index (χ1) is 8.25. The van der Waals surface area contributed by atoms with E-state index in [-0.39, 0.29) is 0 Å². The van der Waals surface area contributed by atoms with Gasteiger partial charge in [-0.25, -0.2) is 9.97 Å². The predicted octanol–water partition coefficient (Wildman–Crippen LogP) is 1.14. The topological polar surface area (TPSA) is 92.5 Å². The summed E-state index contributed by atoms with van der Waals surface area (Å²) in [6.07, 6.45) is 5.12. The second-order valence-electron chi connectivity index (χ2n) is 3.89. The molecule has 0 amide bonds. The van der Waals surface area contributed by atoms with Crippen molar-refractivity contribution < 1.29 is 0 Å². The number of nitrogens with zero attached hydrogens (tertiary/aromatic N) is 3. The summed E-state index contributed by atoms with van der Waals surface area (Å²) in [6, 6.07) is 1.85. The second-order valence-corrected chi connectivity index (χ2v) is 3.89. The standard InChI is InChI=1S/C11H16N6/c1-8-6-14-11(5-9(8)12)13-4-2-3-10-15-7-16-17-10/h5-7H,2-4H2,1H3,(H3,12,13,14)(H,15,16,17). The average Bonchev–Trinajstić information content (AvgIpc) is 2.82. The fraction of sp³-hybridized carbons (Fsp3) is 0.364. The summed E-state index contributed by atoms with van der Waals surface area (Å²) in [5.74, 6) is 1.72. The van der Waals surface area contributed by atoms with Crippen LogP contribution in [0.3, 0.4) is 0 Å². The van der Waals surface area contributed by atoms with E-state index in [0.29, 0.717) is 0 Å². The molecule has 0 radical (unpaired) electrons. The van der Waals surface area contributed by atoms with Crippen LogP contribution in [0.2, 0.25) is 0 Å². The van der Waals surface area contributed by atoms with Gasteiger partial charge in [-0.2, -0.15) is 5.10 Å². The number of hydrogen-bond donors (Lipinski definition) is 3. The zero-order chi connectivity index (χ0) is 12.1.